The van der Waals surface area contributed by atoms with Gasteiger partial charge in [-0.3, -0.25) is 4.79 Å². The van der Waals surface area contributed by atoms with E-state index < -0.39 is 8.32 Å². The van der Waals surface area contributed by atoms with Crippen LogP contribution in [0.25, 0.3) is 0 Å². The Morgan fingerprint density at radius 3 is 2.23 bits per heavy atom. The van der Waals surface area contributed by atoms with E-state index >= 15 is 0 Å². The summed E-state index contributed by atoms with van der Waals surface area (Å²) < 4.78 is 5.79. The fourth-order valence-corrected chi connectivity index (χ4v) is 1.53. The molecule has 13 heavy (non-hydrogen) atoms. The first kappa shape index (κ1) is 12.6. The van der Waals surface area contributed by atoms with Gasteiger partial charge in [-0.1, -0.05) is 26.8 Å². The summed E-state index contributed by atoms with van der Waals surface area (Å²) in [5, 5.41) is 0.238. The summed E-state index contributed by atoms with van der Waals surface area (Å²) in [6.07, 6.45) is 4.01. The van der Waals surface area contributed by atoms with E-state index in [2.05, 4.69) is 33.9 Å². The van der Waals surface area contributed by atoms with Crippen LogP contribution in [0.3, 0.4) is 0 Å². The second kappa shape index (κ2) is 4.72. The lowest BCUT2D eigenvalue weighted by atomic mass is 10.2. The lowest BCUT2D eigenvalue weighted by Crippen LogP contribution is -2.40. The smallest absolute Gasteiger partial charge is 0.192 e. The number of rotatable bonds is 4. The molecule has 0 fully saturated rings. The van der Waals surface area contributed by atoms with Crippen molar-refractivity contribution in [1.29, 1.82) is 0 Å². The molecule has 0 rings (SSSR count). The van der Waals surface area contributed by atoms with Crippen LogP contribution in [0.1, 0.15) is 20.8 Å². The van der Waals surface area contributed by atoms with Crippen molar-refractivity contribution in [2.75, 3.05) is 6.61 Å². The fourth-order valence-electron chi connectivity index (χ4n) is 0.584. The van der Waals surface area contributed by atoms with Crippen molar-refractivity contribution in [3.63, 3.8) is 0 Å². The first-order valence-electron chi connectivity index (χ1n) is 4.55. The van der Waals surface area contributed by atoms with Crippen molar-refractivity contribution in [2.24, 2.45) is 0 Å². The second-order valence-corrected chi connectivity index (χ2v) is 9.44. The van der Waals surface area contributed by atoms with E-state index in [1.165, 1.54) is 6.08 Å². The molecule has 0 unspecified atom stereocenters. The Morgan fingerprint density at radius 2 is 1.85 bits per heavy atom. The van der Waals surface area contributed by atoms with E-state index in [-0.39, 0.29) is 5.04 Å². The van der Waals surface area contributed by atoms with Crippen LogP contribution in [0.4, 0.5) is 0 Å². The predicted molar refractivity (Wildman–Crippen MR) is 58.4 cm³/mol. The van der Waals surface area contributed by atoms with Gasteiger partial charge < -0.3 is 4.43 Å². The highest BCUT2D eigenvalue weighted by atomic mass is 28.4. The largest absolute Gasteiger partial charge is 0.413 e. The van der Waals surface area contributed by atoms with Gasteiger partial charge in [-0.2, -0.15) is 0 Å². The average Bonchev–Trinajstić information content (AvgIpc) is 1.96. The summed E-state index contributed by atoms with van der Waals surface area (Å²) in [6.45, 7) is 11.5. The lowest BCUT2D eigenvalue weighted by molar-refractivity contribution is -0.104. The summed E-state index contributed by atoms with van der Waals surface area (Å²) in [5.74, 6) is 0. The Bertz CT molecular complexity index is 190. The minimum atomic E-state index is -1.62. The Kier molecular flexibility index (Phi) is 4.57. The zero-order chi connectivity index (χ0) is 10.5. The third-order valence-electron chi connectivity index (χ3n) is 2.56. The maximum absolute atomic E-state index is 10.00. The zero-order valence-electron chi connectivity index (χ0n) is 9.26. The molecule has 0 N–H and O–H groups in total. The maximum atomic E-state index is 10.00. The highest BCUT2D eigenvalue weighted by Gasteiger charge is 2.36. The van der Waals surface area contributed by atoms with Crippen LogP contribution >= 0.6 is 0 Å². The van der Waals surface area contributed by atoms with Crippen LogP contribution in [-0.2, 0) is 9.22 Å². The molecule has 0 aromatic carbocycles. The molecule has 0 saturated carbocycles. The number of hydrogen-bond donors (Lipinski definition) is 0. The quantitative estimate of drug-likeness (QED) is 0.396. The number of aldehydes is 1. The molecule has 0 aliphatic rings. The van der Waals surface area contributed by atoms with Gasteiger partial charge in [0.25, 0.3) is 0 Å². The summed E-state index contributed by atoms with van der Waals surface area (Å²) in [4.78, 5) is 10.00. The SMILES string of the molecule is CC(C)(C)[Si](C)(C)OCC=CC=O. The van der Waals surface area contributed by atoms with Crippen molar-refractivity contribution in [3.8, 4) is 0 Å². The average molecular weight is 200 g/mol. The summed E-state index contributed by atoms with van der Waals surface area (Å²) in [6, 6.07) is 0. The molecular formula is C10H20O2Si. The van der Waals surface area contributed by atoms with E-state index in [9.17, 15) is 4.79 Å². The standard InChI is InChI=1S/C10H20O2Si/c1-10(2,3)13(4,5)12-9-7-6-8-11/h6-8H,9H2,1-5H3. The topological polar surface area (TPSA) is 26.3 Å². The van der Waals surface area contributed by atoms with Crippen molar-refractivity contribution in [1.82, 2.24) is 0 Å². The fraction of sp³-hybridized carbons (Fsp3) is 0.700. The van der Waals surface area contributed by atoms with Gasteiger partial charge in [-0.15, -0.1) is 0 Å². The third-order valence-corrected chi connectivity index (χ3v) is 7.06. The molecule has 0 aromatic rings. The van der Waals surface area contributed by atoms with Crippen LogP contribution < -0.4 is 0 Å². The van der Waals surface area contributed by atoms with Crippen molar-refractivity contribution in [2.45, 2.75) is 38.9 Å². The van der Waals surface area contributed by atoms with E-state index in [1.54, 1.807) is 6.08 Å². The van der Waals surface area contributed by atoms with Crippen LogP contribution in [0.15, 0.2) is 12.2 Å². The molecular weight excluding hydrogens is 180 g/mol. The van der Waals surface area contributed by atoms with Crippen molar-refractivity contribution < 1.29 is 9.22 Å². The van der Waals surface area contributed by atoms with Crippen LogP contribution in [-0.4, -0.2) is 21.2 Å². The predicted octanol–water partition coefficient (Wildman–Crippen LogP) is 2.76. The van der Waals surface area contributed by atoms with E-state index in [4.69, 9.17) is 4.43 Å². The highest BCUT2D eigenvalue weighted by molar-refractivity contribution is 6.74. The minimum absolute atomic E-state index is 0.238. The van der Waals surface area contributed by atoms with Gasteiger partial charge in [0.05, 0.1) is 6.61 Å². The molecule has 2 nitrogen and oxygen atoms in total. The molecule has 0 aromatic heterocycles. The van der Waals surface area contributed by atoms with Crippen LogP contribution in [0, 0.1) is 0 Å². The Labute approximate surface area is 82.1 Å². The molecule has 0 aliphatic carbocycles. The maximum Gasteiger partial charge on any atom is 0.192 e. The first-order chi connectivity index (χ1) is 5.81. The van der Waals surface area contributed by atoms with Gasteiger partial charge in [0.15, 0.2) is 8.32 Å². The summed E-state index contributed by atoms with van der Waals surface area (Å²) in [7, 11) is -1.62. The number of allylic oxidation sites excluding steroid dienone is 1. The monoisotopic (exact) mass is 200 g/mol. The summed E-state index contributed by atoms with van der Waals surface area (Å²) in [5.41, 5.74) is 0. The minimum Gasteiger partial charge on any atom is -0.413 e. The number of hydrogen-bond acceptors (Lipinski definition) is 2. The van der Waals surface area contributed by atoms with Gasteiger partial charge >= 0.3 is 0 Å². The molecule has 0 amide bonds. The Hall–Kier alpha value is -0.413. The van der Waals surface area contributed by atoms with Gasteiger partial charge in [-0.25, -0.2) is 0 Å². The van der Waals surface area contributed by atoms with Crippen LogP contribution in [0.5, 0.6) is 0 Å². The van der Waals surface area contributed by atoms with E-state index in [0.29, 0.717) is 6.61 Å². The van der Waals surface area contributed by atoms with E-state index in [0.717, 1.165) is 6.29 Å². The molecule has 0 radical (unpaired) electrons. The molecule has 0 atom stereocenters. The van der Waals surface area contributed by atoms with Crippen molar-refractivity contribution >= 4 is 14.6 Å². The second-order valence-electron chi connectivity index (χ2n) is 4.64. The van der Waals surface area contributed by atoms with Gasteiger partial charge in [0, 0.05) is 0 Å². The zero-order valence-corrected chi connectivity index (χ0v) is 10.3. The molecule has 0 aliphatic heterocycles. The first-order valence-corrected chi connectivity index (χ1v) is 7.46. The molecule has 3 heteroatoms. The van der Waals surface area contributed by atoms with Crippen LogP contribution in [0.2, 0.25) is 18.1 Å². The normalized spacial score (nSPS) is 13.6. The van der Waals surface area contributed by atoms with Crippen molar-refractivity contribution in [3.05, 3.63) is 12.2 Å². The van der Waals surface area contributed by atoms with Gasteiger partial charge in [0.1, 0.15) is 6.29 Å². The molecule has 0 heterocycles. The van der Waals surface area contributed by atoms with E-state index in [1.807, 2.05) is 0 Å². The van der Waals surface area contributed by atoms with Gasteiger partial charge in [0.2, 0.25) is 0 Å². The summed E-state index contributed by atoms with van der Waals surface area (Å²) >= 11 is 0. The molecule has 0 spiro atoms. The Balaban J connectivity index is 4.04. The molecule has 0 bridgehead atoms. The highest BCUT2D eigenvalue weighted by Crippen LogP contribution is 2.36. The lowest BCUT2D eigenvalue weighted by Gasteiger charge is -2.35. The van der Waals surface area contributed by atoms with Gasteiger partial charge in [-0.05, 0) is 24.2 Å². The molecule has 76 valence electrons. The Morgan fingerprint density at radius 1 is 1.31 bits per heavy atom. The molecule has 0 saturated heterocycles. The third kappa shape index (κ3) is 4.38. The number of carbonyl (C=O) groups excluding carboxylic acids is 1. The number of carbonyl (C=O) groups is 1.